The van der Waals surface area contributed by atoms with E-state index in [1.165, 1.54) is 12.2 Å². The topological polar surface area (TPSA) is 45.7 Å². The number of nitrogens with zero attached hydrogens (tertiary/aromatic N) is 1. The summed E-state index contributed by atoms with van der Waals surface area (Å²) >= 11 is 1.85. The number of hydrogen-bond donors (Lipinski definition) is 2. The van der Waals surface area contributed by atoms with Crippen molar-refractivity contribution in [3.8, 4) is 5.75 Å². The van der Waals surface area contributed by atoms with E-state index in [0.717, 1.165) is 31.0 Å². The van der Waals surface area contributed by atoms with Crippen molar-refractivity contribution in [1.29, 1.82) is 0 Å². The maximum atomic E-state index is 12.2. The SMILES string of the molecule is CCNC(=NCc1cccc(OCC(F)F)c1)NCCCCSC.I. The van der Waals surface area contributed by atoms with Crippen molar-refractivity contribution in [3.05, 3.63) is 29.8 Å². The predicted molar refractivity (Wildman–Crippen MR) is 114 cm³/mol. The van der Waals surface area contributed by atoms with E-state index in [0.29, 0.717) is 12.3 Å². The van der Waals surface area contributed by atoms with Gasteiger partial charge in [0.1, 0.15) is 12.4 Å². The highest BCUT2D eigenvalue weighted by Crippen LogP contribution is 2.14. The van der Waals surface area contributed by atoms with Gasteiger partial charge in [-0.1, -0.05) is 12.1 Å². The van der Waals surface area contributed by atoms with Crippen LogP contribution in [0.4, 0.5) is 8.78 Å². The summed E-state index contributed by atoms with van der Waals surface area (Å²) in [6.07, 6.45) is 1.92. The van der Waals surface area contributed by atoms with Crippen LogP contribution in [0.1, 0.15) is 25.3 Å². The lowest BCUT2D eigenvalue weighted by Gasteiger charge is -2.11. The van der Waals surface area contributed by atoms with Crippen LogP contribution in [0.3, 0.4) is 0 Å². The molecule has 1 aromatic rings. The largest absolute Gasteiger partial charge is 0.488 e. The predicted octanol–water partition coefficient (Wildman–Crippen LogP) is 4.15. The van der Waals surface area contributed by atoms with Crippen LogP contribution in [-0.4, -0.2) is 44.1 Å². The Morgan fingerprint density at radius 2 is 2.08 bits per heavy atom. The van der Waals surface area contributed by atoms with Crippen molar-refractivity contribution in [2.24, 2.45) is 4.99 Å². The number of thioether (sulfide) groups is 1. The van der Waals surface area contributed by atoms with Gasteiger partial charge in [0, 0.05) is 13.1 Å². The molecule has 0 heterocycles. The zero-order valence-electron chi connectivity index (χ0n) is 14.8. The van der Waals surface area contributed by atoms with Crippen molar-refractivity contribution in [2.45, 2.75) is 32.7 Å². The highest BCUT2D eigenvalue weighted by Gasteiger charge is 2.04. The average Bonchev–Trinajstić information content (AvgIpc) is 2.58. The lowest BCUT2D eigenvalue weighted by molar-refractivity contribution is 0.0818. The van der Waals surface area contributed by atoms with Crippen molar-refractivity contribution in [1.82, 2.24) is 10.6 Å². The second kappa shape index (κ2) is 15.5. The van der Waals surface area contributed by atoms with Gasteiger partial charge in [0.2, 0.25) is 0 Å². The van der Waals surface area contributed by atoms with Crippen LogP contribution >= 0.6 is 35.7 Å². The summed E-state index contributed by atoms with van der Waals surface area (Å²) in [5, 5.41) is 6.51. The van der Waals surface area contributed by atoms with Crippen LogP contribution in [0.2, 0.25) is 0 Å². The van der Waals surface area contributed by atoms with Gasteiger partial charge in [0.05, 0.1) is 6.54 Å². The second-order valence-electron chi connectivity index (χ2n) is 5.17. The zero-order valence-corrected chi connectivity index (χ0v) is 17.9. The van der Waals surface area contributed by atoms with E-state index in [-0.39, 0.29) is 24.0 Å². The van der Waals surface area contributed by atoms with Gasteiger partial charge in [0.25, 0.3) is 6.43 Å². The number of aliphatic imine (C=N–C) groups is 1. The van der Waals surface area contributed by atoms with Crippen LogP contribution in [0.25, 0.3) is 0 Å². The minimum absolute atomic E-state index is 0. The average molecular weight is 487 g/mol. The smallest absolute Gasteiger partial charge is 0.272 e. The number of alkyl halides is 2. The summed E-state index contributed by atoms with van der Waals surface area (Å²) in [4.78, 5) is 4.52. The Hall–Kier alpha value is -0.770. The summed E-state index contributed by atoms with van der Waals surface area (Å²) < 4.78 is 29.4. The first kappa shape index (κ1) is 24.2. The lowest BCUT2D eigenvalue weighted by Crippen LogP contribution is -2.37. The first-order chi connectivity index (χ1) is 11.7. The molecule has 0 saturated heterocycles. The Morgan fingerprint density at radius 1 is 1.28 bits per heavy atom. The van der Waals surface area contributed by atoms with E-state index < -0.39 is 13.0 Å². The minimum atomic E-state index is -2.47. The van der Waals surface area contributed by atoms with Crippen LogP contribution in [0.15, 0.2) is 29.3 Å². The third-order valence-electron chi connectivity index (χ3n) is 3.11. The van der Waals surface area contributed by atoms with E-state index in [1.807, 2.05) is 24.8 Å². The molecule has 0 unspecified atom stereocenters. The molecule has 0 spiro atoms. The molecule has 8 heteroatoms. The van der Waals surface area contributed by atoms with E-state index in [2.05, 4.69) is 21.9 Å². The number of halogens is 3. The number of unbranched alkanes of at least 4 members (excludes halogenated alkanes) is 1. The molecule has 0 saturated carbocycles. The molecular formula is C17H28F2IN3OS. The van der Waals surface area contributed by atoms with Crippen LogP contribution in [0, 0.1) is 0 Å². The number of benzene rings is 1. The monoisotopic (exact) mass is 487 g/mol. The second-order valence-corrected chi connectivity index (χ2v) is 6.16. The molecular weight excluding hydrogens is 459 g/mol. The Bertz CT molecular complexity index is 493. The molecule has 1 rings (SSSR count). The van der Waals surface area contributed by atoms with Gasteiger partial charge in [-0.05, 0) is 49.5 Å². The van der Waals surface area contributed by atoms with E-state index in [4.69, 9.17) is 4.74 Å². The van der Waals surface area contributed by atoms with Gasteiger partial charge in [-0.2, -0.15) is 11.8 Å². The Balaban J connectivity index is 0.00000576. The standard InChI is InChI=1S/C17H27F2N3OS.HI/c1-3-20-17(21-9-4-5-10-24-2)22-12-14-7-6-8-15(11-14)23-13-16(18)19;/h6-8,11,16H,3-5,9-10,12-13H2,1-2H3,(H2,20,21,22);1H. The Morgan fingerprint density at radius 3 is 2.76 bits per heavy atom. The summed E-state index contributed by atoms with van der Waals surface area (Å²) in [6, 6.07) is 7.11. The molecule has 0 radical (unpaired) electrons. The molecule has 0 aliphatic heterocycles. The maximum absolute atomic E-state index is 12.2. The Kier molecular flexibility index (Phi) is 15.0. The number of nitrogens with one attached hydrogen (secondary N) is 2. The van der Waals surface area contributed by atoms with Gasteiger partial charge in [-0.3, -0.25) is 0 Å². The first-order valence-corrected chi connectivity index (χ1v) is 9.56. The normalized spacial score (nSPS) is 11.2. The van der Waals surface area contributed by atoms with Gasteiger partial charge >= 0.3 is 0 Å². The third-order valence-corrected chi connectivity index (χ3v) is 3.80. The molecule has 1 aromatic carbocycles. The summed E-state index contributed by atoms with van der Waals surface area (Å²) in [5.41, 5.74) is 0.918. The van der Waals surface area contributed by atoms with Crippen molar-refractivity contribution in [2.75, 3.05) is 31.7 Å². The van der Waals surface area contributed by atoms with Gasteiger partial charge in [-0.15, -0.1) is 24.0 Å². The molecule has 0 aliphatic rings. The highest BCUT2D eigenvalue weighted by molar-refractivity contribution is 14.0. The van der Waals surface area contributed by atoms with Crippen LogP contribution in [-0.2, 0) is 6.54 Å². The van der Waals surface area contributed by atoms with Crippen LogP contribution in [0.5, 0.6) is 5.75 Å². The fourth-order valence-electron chi connectivity index (χ4n) is 1.98. The lowest BCUT2D eigenvalue weighted by atomic mass is 10.2. The first-order valence-electron chi connectivity index (χ1n) is 8.16. The van der Waals surface area contributed by atoms with E-state index in [9.17, 15) is 8.78 Å². The molecule has 144 valence electrons. The van der Waals surface area contributed by atoms with Crippen LogP contribution < -0.4 is 15.4 Å². The minimum Gasteiger partial charge on any atom is -0.488 e. The van der Waals surface area contributed by atoms with Crippen molar-refractivity contribution < 1.29 is 13.5 Å². The highest BCUT2D eigenvalue weighted by atomic mass is 127. The number of ether oxygens (including phenoxy) is 1. The molecule has 0 fully saturated rings. The molecule has 0 aromatic heterocycles. The number of hydrogen-bond acceptors (Lipinski definition) is 3. The maximum Gasteiger partial charge on any atom is 0.272 e. The van der Waals surface area contributed by atoms with Gasteiger partial charge < -0.3 is 15.4 Å². The summed E-state index contributed by atoms with van der Waals surface area (Å²) in [6.45, 7) is 3.56. The number of guanidine groups is 1. The molecule has 0 aliphatic carbocycles. The molecule has 25 heavy (non-hydrogen) atoms. The quantitative estimate of drug-likeness (QED) is 0.213. The van der Waals surface area contributed by atoms with Crippen molar-refractivity contribution in [3.63, 3.8) is 0 Å². The Labute approximate surface area is 170 Å². The fourth-order valence-corrected chi connectivity index (χ4v) is 2.48. The van der Waals surface area contributed by atoms with Crippen molar-refractivity contribution >= 4 is 41.7 Å². The van der Waals surface area contributed by atoms with E-state index >= 15 is 0 Å². The summed E-state index contributed by atoms with van der Waals surface area (Å²) in [5.74, 6) is 2.37. The number of rotatable bonds is 11. The molecule has 0 amide bonds. The molecule has 2 N–H and O–H groups in total. The van der Waals surface area contributed by atoms with Gasteiger partial charge in [-0.25, -0.2) is 13.8 Å². The third kappa shape index (κ3) is 12.3. The fraction of sp³-hybridized carbons (Fsp3) is 0.588. The zero-order chi connectivity index (χ0) is 17.6. The van der Waals surface area contributed by atoms with E-state index in [1.54, 1.807) is 18.2 Å². The summed E-state index contributed by atoms with van der Waals surface area (Å²) in [7, 11) is 0. The molecule has 4 nitrogen and oxygen atoms in total. The van der Waals surface area contributed by atoms with Gasteiger partial charge in [0.15, 0.2) is 5.96 Å². The molecule has 0 bridgehead atoms. The molecule has 0 atom stereocenters.